The molecule has 0 bridgehead atoms. The van der Waals surface area contributed by atoms with Crippen molar-refractivity contribution in [1.82, 2.24) is 5.32 Å². The summed E-state index contributed by atoms with van der Waals surface area (Å²) in [5.41, 5.74) is 0.119. The van der Waals surface area contributed by atoms with E-state index >= 15 is 0 Å². The van der Waals surface area contributed by atoms with E-state index in [1.807, 2.05) is 0 Å². The van der Waals surface area contributed by atoms with Crippen LogP contribution >= 0.6 is 0 Å². The molecule has 0 heterocycles. The van der Waals surface area contributed by atoms with Gasteiger partial charge in [0, 0.05) is 5.54 Å². The molecular formula is C10H21NO. The summed E-state index contributed by atoms with van der Waals surface area (Å²) in [5, 5.41) is 12.6. The van der Waals surface area contributed by atoms with Crippen molar-refractivity contribution in [2.75, 3.05) is 13.2 Å². The van der Waals surface area contributed by atoms with Crippen molar-refractivity contribution in [3.8, 4) is 0 Å². The third-order valence-corrected chi connectivity index (χ3v) is 2.89. The molecule has 2 nitrogen and oxygen atoms in total. The Labute approximate surface area is 75.4 Å². The molecule has 0 aliphatic heterocycles. The van der Waals surface area contributed by atoms with Crippen LogP contribution in [-0.2, 0) is 0 Å². The molecule has 1 rings (SSSR count). The highest BCUT2D eigenvalue weighted by Crippen LogP contribution is 2.30. The molecule has 0 radical (unpaired) electrons. The van der Waals surface area contributed by atoms with Gasteiger partial charge in [-0.2, -0.15) is 0 Å². The maximum Gasteiger partial charge on any atom is 0.0613 e. The van der Waals surface area contributed by atoms with Crippen LogP contribution in [0.2, 0.25) is 0 Å². The molecule has 0 aromatic heterocycles. The molecule has 0 amide bonds. The maximum absolute atomic E-state index is 9.13. The number of rotatable bonds is 6. The van der Waals surface area contributed by atoms with Crippen molar-refractivity contribution in [3.63, 3.8) is 0 Å². The summed E-state index contributed by atoms with van der Waals surface area (Å²) in [7, 11) is 0. The summed E-state index contributed by atoms with van der Waals surface area (Å²) in [6, 6.07) is 0. The van der Waals surface area contributed by atoms with Gasteiger partial charge >= 0.3 is 0 Å². The lowest BCUT2D eigenvalue weighted by Crippen LogP contribution is -2.54. The lowest BCUT2D eigenvalue weighted by molar-refractivity contribution is 0.0887. The van der Waals surface area contributed by atoms with E-state index in [2.05, 4.69) is 12.2 Å². The summed E-state index contributed by atoms with van der Waals surface area (Å²) >= 11 is 0. The molecule has 12 heavy (non-hydrogen) atoms. The Balaban J connectivity index is 2.04. The summed E-state index contributed by atoms with van der Waals surface area (Å²) in [5.74, 6) is 0. The van der Waals surface area contributed by atoms with E-state index in [0.717, 1.165) is 19.4 Å². The predicted molar refractivity (Wildman–Crippen MR) is 51.2 cm³/mol. The number of aliphatic hydroxyl groups is 1. The van der Waals surface area contributed by atoms with E-state index in [1.54, 1.807) is 0 Å². The van der Waals surface area contributed by atoms with Crippen LogP contribution < -0.4 is 5.32 Å². The number of aliphatic hydroxyl groups excluding tert-OH is 1. The van der Waals surface area contributed by atoms with Crippen molar-refractivity contribution >= 4 is 0 Å². The lowest BCUT2D eigenvalue weighted by Gasteiger charge is -2.41. The first-order valence-electron chi connectivity index (χ1n) is 5.19. The standard InChI is InChI=1S/C10H21NO/c1-2-3-4-8-11-10(9-12)6-5-7-10/h11-12H,2-9H2,1H3. The van der Waals surface area contributed by atoms with Gasteiger partial charge in [-0.25, -0.2) is 0 Å². The van der Waals surface area contributed by atoms with Crippen molar-refractivity contribution < 1.29 is 5.11 Å². The molecule has 0 aromatic carbocycles. The third kappa shape index (κ3) is 2.46. The topological polar surface area (TPSA) is 32.3 Å². The number of hydrogen-bond donors (Lipinski definition) is 2. The van der Waals surface area contributed by atoms with Crippen LogP contribution in [0.5, 0.6) is 0 Å². The lowest BCUT2D eigenvalue weighted by atomic mass is 9.77. The number of nitrogens with one attached hydrogen (secondary N) is 1. The Morgan fingerprint density at radius 1 is 1.33 bits per heavy atom. The van der Waals surface area contributed by atoms with Gasteiger partial charge < -0.3 is 10.4 Å². The molecule has 2 N–H and O–H groups in total. The molecule has 72 valence electrons. The molecule has 1 saturated carbocycles. The molecule has 1 fully saturated rings. The van der Waals surface area contributed by atoms with Gasteiger partial charge in [-0.15, -0.1) is 0 Å². The molecule has 0 unspecified atom stereocenters. The van der Waals surface area contributed by atoms with Gasteiger partial charge in [0.1, 0.15) is 0 Å². The van der Waals surface area contributed by atoms with Crippen molar-refractivity contribution in [1.29, 1.82) is 0 Å². The highest BCUT2D eigenvalue weighted by Gasteiger charge is 2.35. The van der Waals surface area contributed by atoms with E-state index in [1.165, 1.54) is 25.7 Å². The maximum atomic E-state index is 9.13. The van der Waals surface area contributed by atoms with Crippen LogP contribution in [0, 0.1) is 0 Å². The van der Waals surface area contributed by atoms with E-state index in [0.29, 0.717) is 6.61 Å². The van der Waals surface area contributed by atoms with Gasteiger partial charge in [-0.05, 0) is 32.2 Å². The Hall–Kier alpha value is -0.0800. The van der Waals surface area contributed by atoms with E-state index in [4.69, 9.17) is 5.11 Å². The first-order valence-corrected chi connectivity index (χ1v) is 5.19. The van der Waals surface area contributed by atoms with Gasteiger partial charge in [0.25, 0.3) is 0 Å². The van der Waals surface area contributed by atoms with Gasteiger partial charge in [-0.1, -0.05) is 19.8 Å². The summed E-state index contributed by atoms with van der Waals surface area (Å²) in [6.45, 7) is 3.61. The monoisotopic (exact) mass is 171 g/mol. The zero-order valence-electron chi connectivity index (χ0n) is 8.10. The highest BCUT2D eigenvalue weighted by atomic mass is 16.3. The van der Waals surface area contributed by atoms with Crippen LogP contribution in [0.1, 0.15) is 45.4 Å². The summed E-state index contributed by atoms with van der Waals surface area (Å²) < 4.78 is 0. The zero-order valence-corrected chi connectivity index (χ0v) is 8.10. The Morgan fingerprint density at radius 2 is 2.08 bits per heavy atom. The third-order valence-electron chi connectivity index (χ3n) is 2.89. The van der Waals surface area contributed by atoms with Crippen LogP contribution in [0.3, 0.4) is 0 Å². The van der Waals surface area contributed by atoms with Crippen molar-refractivity contribution in [2.45, 2.75) is 51.0 Å². The smallest absolute Gasteiger partial charge is 0.0613 e. The molecular weight excluding hydrogens is 150 g/mol. The second-order valence-corrected chi connectivity index (χ2v) is 3.93. The average molecular weight is 171 g/mol. The normalized spacial score (nSPS) is 20.5. The molecule has 0 aromatic rings. The van der Waals surface area contributed by atoms with E-state index < -0.39 is 0 Å². The predicted octanol–water partition coefficient (Wildman–Crippen LogP) is 1.68. The second-order valence-electron chi connectivity index (χ2n) is 3.93. The molecule has 0 saturated heterocycles. The minimum atomic E-state index is 0.119. The molecule has 0 atom stereocenters. The van der Waals surface area contributed by atoms with Crippen LogP contribution in [0.4, 0.5) is 0 Å². The Morgan fingerprint density at radius 3 is 2.50 bits per heavy atom. The fraction of sp³-hybridized carbons (Fsp3) is 1.00. The number of unbranched alkanes of at least 4 members (excludes halogenated alkanes) is 2. The molecule has 0 spiro atoms. The van der Waals surface area contributed by atoms with Crippen LogP contribution in [0.25, 0.3) is 0 Å². The van der Waals surface area contributed by atoms with Gasteiger partial charge in [-0.3, -0.25) is 0 Å². The quantitative estimate of drug-likeness (QED) is 0.596. The van der Waals surface area contributed by atoms with Crippen molar-refractivity contribution in [3.05, 3.63) is 0 Å². The summed E-state index contributed by atoms with van der Waals surface area (Å²) in [4.78, 5) is 0. The average Bonchev–Trinajstić information content (AvgIpc) is 2.02. The minimum Gasteiger partial charge on any atom is -0.394 e. The molecule has 1 aliphatic carbocycles. The van der Waals surface area contributed by atoms with Gasteiger partial charge in [0.05, 0.1) is 6.61 Å². The van der Waals surface area contributed by atoms with Crippen molar-refractivity contribution in [2.24, 2.45) is 0 Å². The zero-order chi connectivity index (χ0) is 8.86. The van der Waals surface area contributed by atoms with E-state index in [9.17, 15) is 0 Å². The van der Waals surface area contributed by atoms with E-state index in [-0.39, 0.29) is 5.54 Å². The first kappa shape index (κ1) is 10.0. The Bertz CT molecular complexity index is 115. The Kier molecular flexibility index (Phi) is 4.02. The minimum absolute atomic E-state index is 0.119. The molecule has 1 aliphatic rings. The first-order chi connectivity index (χ1) is 5.83. The largest absolute Gasteiger partial charge is 0.394 e. The van der Waals surface area contributed by atoms with Crippen LogP contribution in [0.15, 0.2) is 0 Å². The fourth-order valence-corrected chi connectivity index (χ4v) is 1.72. The summed E-state index contributed by atoms with van der Waals surface area (Å²) in [6.07, 6.45) is 7.42. The van der Waals surface area contributed by atoms with Gasteiger partial charge in [0.15, 0.2) is 0 Å². The second kappa shape index (κ2) is 4.83. The van der Waals surface area contributed by atoms with Crippen LogP contribution in [-0.4, -0.2) is 23.8 Å². The SMILES string of the molecule is CCCCCNC1(CO)CCC1. The van der Waals surface area contributed by atoms with Gasteiger partial charge in [0.2, 0.25) is 0 Å². The fourth-order valence-electron chi connectivity index (χ4n) is 1.72. The number of hydrogen-bond acceptors (Lipinski definition) is 2. The highest BCUT2D eigenvalue weighted by molar-refractivity contribution is 4.95. The molecule has 2 heteroatoms.